The van der Waals surface area contributed by atoms with Gasteiger partial charge < -0.3 is 5.32 Å². The summed E-state index contributed by atoms with van der Waals surface area (Å²) in [4.78, 5) is 12.1. The highest BCUT2D eigenvalue weighted by atomic mass is 16.1. The highest BCUT2D eigenvalue weighted by Gasteiger charge is 2.23. The third-order valence-corrected chi connectivity index (χ3v) is 3.59. The van der Waals surface area contributed by atoms with Gasteiger partial charge in [0, 0.05) is 6.54 Å². The van der Waals surface area contributed by atoms with E-state index in [4.69, 9.17) is 5.26 Å². The molecule has 102 valence electrons. The van der Waals surface area contributed by atoms with E-state index in [2.05, 4.69) is 39.1 Å². The molecule has 1 rings (SSSR count). The van der Waals surface area contributed by atoms with Gasteiger partial charge in [0.2, 0.25) is 5.91 Å². The van der Waals surface area contributed by atoms with E-state index in [1.54, 1.807) is 12.1 Å². The highest BCUT2D eigenvalue weighted by molar-refractivity contribution is 5.86. The van der Waals surface area contributed by atoms with Crippen LogP contribution in [0, 0.1) is 22.7 Å². The van der Waals surface area contributed by atoms with Gasteiger partial charge in [-0.3, -0.25) is 4.79 Å². The summed E-state index contributed by atoms with van der Waals surface area (Å²) in [5.74, 6) is -0.593. The molecule has 0 saturated heterocycles. The first kappa shape index (κ1) is 15.2. The highest BCUT2D eigenvalue weighted by Crippen LogP contribution is 2.24. The number of carbonyl (C=O) groups is 1. The molecule has 0 spiro atoms. The Morgan fingerprint density at radius 3 is 2.37 bits per heavy atom. The Balaban J connectivity index is 2.65. The minimum Gasteiger partial charge on any atom is -0.354 e. The van der Waals surface area contributed by atoms with Gasteiger partial charge in [0.1, 0.15) is 5.92 Å². The van der Waals surface area contributed by atoms with Crippen LogP contribution in [-0.2, 0) is 4.79 Å². The summed E-state index contributed by atoms with van der Waals surface area (Å²) >= 11 is 0. The van der Waals surface area contributed by atoms with Crippen LogP contribution >= 0.6 is 0 Å². The second kappa shape index (κ2) is 6.38. The van der Waals surface area contributed by atoms with E-state index in [9.17, 15) is 4.79 Å². The lowest BCUT2D eigenvalue weighted by Gasteiger charge is -2.27. The summed E-state index contributed by atoms with van der Waals surface area (Å²) in [5.41, 5.74) is 0.883. The zero-order chi connectivity index (χ0) is 14.5. The van der Waals surface area contributed by atoms with Crippen LogP contribution in [0.25, 0.3) is 0 Å². The van der Waals surface area contributed by atoms with Crippen molar-refractivity contribution in [1.29, 1.82) is 5.26 Å². The van der Waals surface area contributed by atoms with Crippen LogP contribution in [0.3, 0.4) is 0 Å². The summed E-state index contributed by atoms with van der Waals surface area (Å²) in [7, 11) is 0. The molecule has 1 N–H and O–H groups in total. The first-order valence-electron chi connectivity index (χ1n) is 6.58. The first-order valence-corrected chi connectivity index (χ1v) is 6.58. The molecule has 0 bridgehead atoms. The lowest BCUT2D eigenvalue weighted by Crippen LogP contribution is -2.36. The number of carbonyl (C=O) groups excluding carboxylic acids is 1. The van der Waals surface area contributed by atoms with Crippen molar-refractivity contribution in [2.45, 2.75) is 33.6 Å². The molecule has 0 aliphatic carbocycles. The van der Waals surface area contributed by atoms with Crippen LogP contribution in [0.1, 0.15) is 39.2 Å². The number of hydrogen-bond acceptors (Lipinski definition) is 2. The van der Waals surface area contributed by atoms with E-state index in [-0.39, 0.29) is 11.3 Å². The van der Waals surface area contributed by atoms with E-state index >= 15 is 0 Å². The molecule has 1 aromatic rings. The summed E-state index contributed by atoms with van der Waals surface area (Å²) < 4.78 is 0. The zero-order valence-corrected chi connectivity index (χ0v) is 12.1. The molecule has 2 unspecified atom stereocenters. The first-order chi connectivity index (χ1) is 8.86. The van der Waals surface area contributed by atoms with Gasteiger partial charge in [-0.05, 0) is 16.9 Å². The third kappa shape index (κ3) is 4.40. The van der Waals surface area contributed by atoms with Gasteiger partial charge in [-0.15, -0.1) is 0 Å². The number of nitriles is 1. The Kier molecular flexibility index (Phi) is 5.11. The molecule has 0 aliphatic rings. The molecule has 0 heterocycles. The van der Waals surface area contributed by atoms with E-state index in [1.165, 1.54) is 0 Å². The molecule has 0 radical (unpaired) electrons. The Morgan fingerprint density at radius 1 is 1.32 bits per heavy atom. The van der Waals surface area contributed by atoms with Crippen LogP contribution in [0.2, 0.25) is 0 Å². The molecule has 0 saturated carbocycles. The SMILES string of the molecule is CC(CNC(=O)C(C#N)c1ccccc1)C(C)(C)C. The number of benzene rings is 1. The van der Waals surface area contributed by atoms with Gasteiger partial charge >= 0.3 is 0 Å². The van der Waals surface area contributed by atoms with Crippen molar-refractivity contribution in [1.82, 2.24) is 5.32 Å². The van der Waals surface area contributed by atoms with Gasteiger partial charge in [0.25, 0.3) is 0 Å². The second-order valence-electron chi connectivity index (χ2n) is 5.99. The molecule has 2 atom stereocenters. The van der Waals surface area contributed by atoms with Crippen LogP contribution < -0.4 is 5.32 Å². The topological polar surface area (TPSA) is 52.9 Å². The van der Waals surface area contributed by atoms with Crippen molar-refractivity contribution in [3.05, 3.63) is 35.9 Å². The lowest BCUT2D eigenvalue weighted by molar-refractivity contribution is -0.121. The molecule has 0 aromatic heterocycles. The standard InChI is InChI=1S/C16H22N2O/c1-12(16(2,3)4)11-18-15(19)14(10-17)13-8-6-5-7-9-13/h5-9,12,14H,11H2,1-4H3,(H,18,19). The van der Waals surface area contributed by atoms with Crippen LogP contribution in [0.5, 0.6) is 0 Å². The largest absolute Gasteiger partial charge is 0.354 e. The summed E-state index contributed by atoms with van der Waals surface area (Å²) in [6, 6.07) is 11.2. The van der Waals surface area contributed by atoms with E-state index in [1.807, 2.05) is 18.2 Å². The normalized spacial score (nSPS) is 14.3. The van der Waals surface area contributed by atoms with E-state index in [0.717, 1.165) is 5.56 Å². The Morgan fingerprint density at radius 2 is 1.89 bits per heavy atom. The smallest absolute Gasteiger partial charge is 0.241 e. The Bertz CT molecular complexity index is 454. The Hall–Kier alpha value is -1.82. The van der Waals surface area contributed by atoms with Crippen molar-refractivity contribution < 1.29 is 4.79 Å². The van der Waals surface area contributed by atoms with Gasteiger partial charge in [0.05, 0.1) is 6.07 Å². The molecule has 0 aliphatic heterocycles. The fraction of sp³-hybridized carbons (Fsp3) is 0.500. The molecule has 19 heavy (non-hydrogen) atoms. The fourth-order valence-corrected chi connectivity index (χ4v) is 1.59. The summed E-state index contributed by atoms with van der Waals surface area (Å²) in [5, 5.41) is 12.0. The van der Waals surface area contributed by atoms with Gasteiger partial charge in [0.15, 0.2) is 0 Å². The molecule has 3 nitrogen and oxygen atoms in total. The Labute approximate surface area is 115 Å². The van der Waals surface area contributed by atoms with E-state index in [0.29, 0.717) is 12.5 Å². The van der Waals surface area contributed by atoms with Gasteiger partial charge in [-0.25, -0.2) is 0 Å². The number of hydrogen-bond donors (Lipinski definition) is 1. The summed E-state index contributed by atoms with van der Waals surface area (Å²) in [6.45, 7) is 9.12. The number of rotatable bonds is 4. The van der Waals surface area contributed by atoms with Crippen LogP contribution in [0.4, 0.5) is 0 Å². The lowest BCUT2D eigenvalue weighted by atomic mass is 9.82. The predicted octanol–water partition coefficient (Wildman–Crippen LogP) is 3.09. The van der Waals surface area contributed by atoms with Gasteiger partial charge in [-0.1, -0.05) is 58.0 Å². The monoisotopic (exact) mass is 258 g/mol. The average Bonchev–Trinajstić information content (AvgIpc) is 2.37. The van der Waals surface area contributed by atoms with Crippen molar-refractivity contribution in [2.24, 2.45) is 11.3 Å². The van der Waals surface area contributed by atoms with Crippen molar-refractivity contribution in [3.63, 3.8) is 0 Å². The van der Waals surface area contributed by atoms with Crippen molar-refractivity contribution in [3.8, 4) is 6.07 Å². The zero-order valence-electron chi connectivity index (χ0n) is 12.1. The summed E-state index contributed by atoms with van der Waals surface area (Å²) in [6.07, 6.45) is 0. The molecule has 0 fully saturated rings. The molecule has 1 aromatic carbocycles. The molecule has 1 amide bonds. The fourth-order valence-electron chi connectivity index (χ4n) is 1.59. The minimum absolute atomic E-state index is 0.141. The molecular weight excluding hydrogens is 236 g/mol. The predicted molar refractivity (Wildman–Crippen MR) is 76.4 cm³/mol. The average molecular weight is 258 g/mol. The van der Waals surface area contributed by atoms with Crippen LogP contribution in [-0.4, -0.2) is 12.5 Å². The minimum atomic E-state index is -0.728. The second-order valence-corrected chi connectivity index (χ2v) is 5.99. The maximum atomic E-state index is 12.1. The van der Waals surface area contributed by atoms with Gasteiger partial charge in [-0.2, -0.15) is 5.26 Å². The van der Waals surface area contributed by atoms with Crippen molar-refractivity contribution in [2.75, 3.05) is 6.54 Å². The number of amides is 1. The van der Waals surface area contributed by atoms with E-state index < -0.39 is 5.92 Å². The van der Waals surface area contributed by atoms with Crippen molar-refractivity contribution >= 4 is 5.91 Å². The number of nitrogens with zero attached hydrogens (tertiary/aromatic N) is 1. The van der Waals surface area contributed by atoms with Crippen LogP contribution in [0.15, 0.2) is 30.3 Å². The molecule has 3 heteroatoms. The quantitative estimate of drug-likeness (QED) is 0.902. The number of nitrogens with one attached hydrogen (secondary N) is 1. The maximum absolute atomic E-state index is 12.1. The molecular formula is C16H22N2O. The maximum Gasteiger partial charge on any atom is 0.241 e. The third-order valence-electron chi connectivity index (χ3n) is 3.59.